The van der Waals surface area contributed by atoms with Crippen LogP contribution in [0, 0.1) is 6.92 Å². The topological polar surface area (TPSA) is 43.3 Å². The van der Waals surface area contributed by atoms with Crippen molar-refractivity contribution in [2.75, 3.05) is 0 Å². The van der Waals surface area contributed by atoms with E-state index >= 15 is 0 Å². The summed E-state index contributed by atoms with van der Waals surface area (Å²) in [5, 5.41) is 8.66. The fourth-order valence-corrected chi connectivity index (χ4v) is 9.24. The van der Waals surface area contributed by atoms with E-state index in [0.717, 1.165) is 50.0 Å². The Balaban J connectivity index is 1.02. The molecule has 4 heteroatoms. The van der Waals surface area contributed by atoms with Gasteiger partial charge in [0.25, 0.3) is 0 Å². The van der Waals surface area contributed by atoms with Crippen molar-refractivity contribution in [3.63, 3.8) is 0 Å². The van der Waals surface area contributed by atoms with Crippen LogP contribution in [-0.2, 0) is 0 Å². The molecule has 0 aliphatic carbocycles. The van der Waals surface area contributed by atoms with E-state index in [-0.39, 0.29) is 0 Å². The molecule has 4 nitrogen and oxygen atoms in total. The Bertz CT molecular complexity index is 3590. The first-order valence-corrected chi connectivity index (χ1v) is 19.4. The van der Waals surface area contributed by atoms with Crippen molar-refractivity contribution in [1.29, 1.82) is 0 Å². The summed E-state index contributed by atoms with van der Waals surface area (Å²) in [6.45, 7) is 7.02. The summed E-state index contributed by atoms with van der Waals surface area (Å²) in [6, 6.07) is 60.0. The van der Waals surface area contributed by atoms with Crippen molar-refractivity contribution in [2.24, 2.45) is 0 Å². The van der Waals surface area contributed by atoms with Crippen LogP contribution >= 0.6 is 0 Å². The number of aryl methyl sites for hydroxylation is 1. The number of aromatic nitrogens is 3. The van der Waals surface area contributed by atoms with E-state index in [1.54, 1.807) is 0 Å². The maximum absolute atomic E-state index is 6.43. The van der Waals surface area contributed by atoms with Gasteiger partial charge >= 0.3 is 0 Å². The Labute approximate surface area is 327 Å². The van der Waals surface area contributed by atoms with E-state index in [0.29, 0.717) is 11.4 Å². The molecule has 12 rings (SSSR count). The minimum atomic E-state index is 0.668. The minimum Gasteiger partial charge on any atom is -0.452 e. The van der Waals surface area contributed by atoms with Crippen LogP contribution in [0.25, 0.3) is 110 Å². The maximum Gasteiger partial charge on any atom is 0.180 e. The predicted octanol–water partition coefficient (Wildman–Crippen LogP) is 14.1. The monoisotopic (exact) mass is 727 g/mol. The summed E-state index contributed by atoms with van der Waals surface area (Å²) in [6.07, 6.45) is 0. The number of rotatable bonds is 5. The zero-order valence-electron chi connectivity index (χ0n) is 31.1. The van der Waals surface area contributed by atoms with Gasteiger partial charge in [0.2, 0.25) is 0 Å². The Kier molecular flexibility index (Phi) is 6.67. The molecular formula is C53H33N3O. The highest BCUT2D eigenvalue weighted by Crippen LogP contribution is 2.47. The molecular weight excluding hydrogens is 695 g/mol. The highest BCUT2D eigenvalue weighted by Gasteiger charge is 2.24. The van der Waals surface area contributed by atoms with Gasteiger partial charge in [-0.2, -0.15) is 0 Å². The second kappa shape index (κ2) is 12.0. The van der Waals surface area contributed by atoms with Crippen LogP contribution in [0.3, 0.4) is 0 Å². The van der Waals surface area contributed by atoms with Gasteiger partial charge in [-0.25, -0.2) is 9.97 Å². The Hall–Kier alpha value is -7.56. The summed E-state index contributed by atoms with van der Waals surface area (Å²) in [4.78, 5) is 10.1. The van der Waals surface area contributed by atoms with Crippen molar-refractivity contribution >= 4 is 76.5 Å². The SMILES string of the molecule is C=C(c1ccc(-c2nc(-c3ccccc3)nc3c2oc2ccccc23)cc1)c1ccccc1-c1cc2c3ccccc3n3c4ccc5ccccc5c4c(c1C)c23. The first-order chi connectivity index (χ1) is 28.1. The lowest BCUT2D eigenvalue weighted by molar-refractivity contribution is 0.667. The molecule has 4 heterocycles. The van der Waals surface area contributed by atoms with Crippen molar-refractivity contribution in [2.45, 2.75) is 6.92 Å². The van der Waals surface area contributed by atoms with Gasteiger partial charge in [0, 0.05) is 38.1 Å². The van der Waals surface area contributed by atoms with Crippen LogP contribution in [0.4, 0.5) is 0 Å². The second-order valence-electron chi connectivity index (χ2n) is 15.0. The average molecular weight is 728 g/mol. The molecule has 57 heavy (non-hydrogen) atoms. The van der Waals surface area contributed by atoms with Crippen LogP contribution < -0.4 is 0 Å². The highest BCUT2D eigenvalue weighted by atomic mass is 16.3. The van der Waals surface area contributed by atoms with Gasteiger partial charge < -0.3 is 8.82 Å². The molecule has 0 saturated heterocycles. The highest BCUT2D eigenvalue weighted by molar-refractivity contribution is 6.30. The lowest BCUT2D eigenvalue weighted by atomic mass is 9.87. The third-order valence-electron chi connectivity index (χ3n) is 11.9. The molecule has 0 unspecified atom stereocenters. The third kappa shape index (κ3) is 4.56. The molecule has 0 N–H and O–H groups in total. The number of nitrogens with zero attached hydrogens (tertiary/aromatic N) is 3. The Morgan fingerprint density at radius 1 is 0.561 bits per heavy atom. The van der Waals surface area contributed by atoms with Crippen LogP contribution in [0.5, 0.6) is 0 Å². The molecule has 0 bridgehead atoms. The van der Waals surface area contributed by atoms with Crippen molar-refractivity contribution in [3.05, 3.63) is 193 Å². The molecule has 0 aliphatic rings. The van der Waals surface area contributed by atoms with Crippen molar-refractivity contribution < 1.29 is 4.42 Å². The number of benzene rings is 8. The van der Waals surface area contributed by atoms with E-state index in [1.807, 2.05) is 48.5 Å². The van der Waals surface area contributed by atoms with Crippen molar-refractivity contribution in [3.8, 4) is 33.8 Å². The smallest absolute Gasteiger partial charge is 0.180 e. The number of hydrogen-bond acceptors (Lipinski definition) is 3. The van der Waals surface area contributed by atoms with Crippen LogP contribution in [0.1, 0.15) is 16.7 Å². The number of para-hydroxylation sites is 2. The largest absolute Gasteiger partial charge is 0.452 e. The summed E-state index contributed by atoms with van der Waals surface area (Å²) >= 11 is 0. The van der Waals surface area contributed by atoms with Gasteiger partial charge in [0.15, 0.2) is 11.4 Å². The molecule has 266 valence electrons. The zero-order chi connectivity index (χ0) is 37.8. The predicted molar refractivity (Wildman–Crippen MR) is 237 cm³/mol. The quantitative estimate of drug-likeness (QED) is 0.177. The fourth-order valence-electron chi connectivity index (χ4n) is 9.24. The minimum absolute atomic E-state index is 0.668. The molecule has 0 spiro atoms. The average Bonchev–Trinajstić information content (AvgIpc) is 3.94. The Morgan fingerprint density at radius 3 is 2.14 bits per heavy atom. The lowest BCUT2D eigenvalue weighted by Gasteiger charge is -2.16. The normalized spacial score (nSPS) is 12.0. The number of fused-ring (bicyclic) bond motifs is 11. The van der Waals surface area contributed by atoms with Gasteiger partial charge in [0.1, 0.15) is 16.8 Å². The fraction of sp³-hybridized carbons (Fsp3) is 0.0189. The van der Waals surface area contributed by atoms with Gasteiger partial charge in [-0.05, 0) is 81.4 Å². The van der Waals surface area contributed by atoms with Gasteiger partial charge in [-0.3, -0.25) is 0 Å². The molecule has 0 radical (unpaired) electrons. The molecule has 12 aromatic rings. The van der Waals surface area contributed by atoms with E-state index in [9.17, 15) is 0 Å². The van der Waals surface area contributed by atoms with E-state index in [1.165, 1.54) is 65.6 Å². The molecule has 0 atom stereocenters. The molecule has 0 amide bonds. The second-order valence-corrected chi connectivity index (χ2v) is 15.0. The van der Waals surface area contributed by atoms with Crippen molar-refractivity contribution in [1.82, 2.24) is 14.4 Å². The van der Waals surface area contributed by atoms with E-state index in [4.69, 9.17) is 21.0 Å². The molecule has 0 fully saturated rings. The summed E-state index contributed by atoms with van der Waals surface area (Å²) in [5.74, 6) is 0.668. The van der Waals surface area contributed by atoms with Gasteiger partial charge in [-0.15, -0.1) is 0 Å². The summed E-state index contributed by atoms with van der Waals surface area (Å²) in [7, 11) is 0. The number of hydrogen-bond donors (Lipinski definition) is 0. The molecule has 8 aromatic carbocycles. The maximum atomic E-state index is 6.43. The Morgan fingerprint density at radius 2 is 1.28 bits per heavy atom. The van der Waals surface area contributed by atoms with Crippen LogP contribution in [0.2, 0.25) is 0 Å². The summed E-state index contributed by atoms with van der Waals surface area (Å²) < 4.78 is 8.90. The van der Waals surface area contributed by atoms with E-state index < -0.39 is 0 Å². The van der Waals surface area contributed by atoms with Gasteiger partial charge in [-0.1, -0.05) is 146 Å². The standard InChI is InChI=1S/C53H33N3O/c1-31(33-24-26-35(27-25-33)49-52-50(41-21-11-13-23-46(41)57-52)55-53(54-49)36-15-4-3-5-16-36)37-17-8-9-19-39(37)42-30-43-40-20-10-12-22-44(40)56-45-29-28-34-14-6-7-18-38(34)48(45)47(32(42)2)51(43)56/h3-30H,1H2,2H3. The third-order valence-corrected chi connectivity index (χ3v) is 11.9. The van der Waals surface area contributed by atoms with E-state index in [2.05, 4.69) is 133 Å². The molecule has 0 aliphatic heterocycles. The number of furan rings is 1. The van der Waals surface area contributed by atoms with Gasteiger partial charge in [0.05, 0.1) is 16.6 Å². The van der Waals surface area contributed by atoms with Crippen LogP contribution in [0.15, 0.2) is 181 Å². The lowest BCUT2D eigenvalue weighted by Crippen LogP contribution is -1.95. The first-order valence-electron chi connectivity index (χ1n) is 19.4. The molecule has 0 saturated carbocycles. The molecule has 4 aromatic heterocycles. The summed E-state index contributed by atoms with van der Waals surface area (Å²) in [5.41, 5.74) is 15.5. The zero-order valence-corrected chi connectivity index (χ0v) is 31.1. The van der Waals surface area contributed by atoms with Crippen LogP contribution in [-0.4, -0.2) is 14.4 Å². The first kappa shape index (κ1) is 31.8.